The number of allylic oxidation sites excluding steroid dienone is 1. The van der Waals surface area contributed by atoms with Crippen molar-refractivity contribution in [3.63, 3.8) is 0 Å². The zero-order valence-corrected chi connectivity index (χ0v) is 5.52. The van der Waals surface area contributed by atoms with Crippen LogP contribution >= 0.6 is 0 Å². The molecule has 0 radical (unpaired) electrons. The number of ketones is 1. The molecule has 0 N–H and O–H groups in total. The summed E-state index contributed by atoms with van der Waals surface area (Å²) in [5.41, 5.74) is -0.248. The molecule has 0 aliphatic carbocycles. The van der Waals surface area contributed by atoms with Crippen LogP contribution < -0.4 is 0 Å². The van der Waals surface area contributed by atoms with Gasteiger partial charge in [0.2, 0.25) is 0 Å². The first-order valence-electron chi connectivity index (χ1n) is 2.94. The molecule has 1 heterocycles. The Morgan fingerprint density at radius 3 is 2.44 bits per heavy atom. The fourth-order valence-electron chi connectivity index (χ4n) is 0.797. The first-order valence-corrected chi connectivity index (χ1v) is 2.94. The monoisotopic (exact) mass is 126 g/mol. The Morgan fingerprint density at radius 1 is 1.78 bits per heavy atom. The molecule has 9 heavy (non-hydrogen) atoms. The molecule has 1 fully saturated rings. The summed E-state index contributed by atoms with van der Waals surface area (Å²) < 4.78 is 4.89. The average molecular weight is 126 g/mol. The molecule has 0 aromatic carbocycles. The molecule has 1 rings (SSSR count). The number of hydrogen-bond acceptors (Lipinski definition) is 2. The highest BCUT2D eigenvalue weighted by Gasteiger charge is 2.38. The normalized spacial score (nSPS) is 22.3. The molecule has 2 nitrogen and oxygen atoms in total. The first-order chi connectivity index (χ1) is 4.19. The van der Waals surface area contributed by atoms with Crippen LogP contribution in [0.15, 0.2) is 12.7 Å². The van der Waals surface area contributed by atoms with E-state index in [1.807, 2.05) is 6.92 Å². The second kappa shape index (κ2) is 1.95. The molecule has 0 unspecified atom stereocenters. The van der Waals surface area contributed by atoms with Gasteiger partial charge in [-0.25, -0.2) is 0 Å². The van der Waals surface area contributed by atoms with Gasteiger partial charge in [-0.1, -0.05) is 6.58 Å². The van der Waals surface area contributed by atoms with Crippen molar-refractivity contribution in [2.45, 2.75) is 6.92 Å². The van der Waals surface area contributed by atoms with Crippen molar-refractivity contribution in [2.24, 2.45) is 5.41 Å². The number of carbonyl (C=O) groups is 1. The van der Waals surface area contributed by atoms with E-state index in [9.17, 15) is 4.79 Å². The van der Waals surface area contributed by atoms with Crippen molar-refractivity contribution in [3.8, 4) is 0 Å². The second-order valence-corrected chi connectivity index (χ2v) is 2.62. The summed E-state index contributed by atoms with van der Waals surface area (Å²) in [5.74, 6) is 0.0914. The zero-order valence-electron chi connectivity index (χ0n) is 5.52. The second-order valence-electron chi connectivity index (χ2n) is 2.62. The molecule has 2 heteroatoms. The van der Waals surface area contributed by atoms with Crippen LogP contribution in [0.2, 0.25) is 0 Å². The van der Waals surface area contributed by atoms with Crippen LogP contribution in [0.4, 0.5) is 0 Å². The van der Waals surface area contributed by atoms with Gasteiger partial charge in [0.05, 0.1) is 18.6 Å². The number of ether oxygens (including phenoxy) is 1. The van der Waals surface area contributed by atoms with E-state index in [0.29, 0.717) is 13.2 Å². The van der Waals surface area contributed by atoms with Crippen LogP contribution in [0.25, 0.3) is 0 Å². The van der Waals surface area contributed by atoms with Crippen LogP contribution in [-0.2, 0) is 9.53 Å². The quantitative estimate of drug-likeness (QED) is 0.511. The van der Waals surface area contributed by atoms with Crippen LogP contribution in [-0.4, -0.2) is 19.0 Å². The maximum Gasteiger partial charge on any atom is 0.165 e. The topological polar surface area (TPSA) is 26.3 Å². The molecule has 1 aliphatic heterocycles. The lowest BCUT2D eigenvalue weighted by molar-refractivity contribution is -0.150. The Labute approximate surface area is 54.5 Å². The van der Waals surface area contributed by atoms with Crippen molar-refractivity contribution >= 4 is 5.78 Å². The summed E-state index contributed by atoms with van der Waals surface area (Å²) in [6.45, 7) is 6.40. The molecular formula is C7H10O2. The SMILES string of the molecule is C=CC(=O)C1(C)COC1. The van der Waals surface area contributed by atoms with Crippen LogP contribution in [0.5, 0.6) is 0 Å². The molecule has 0 bridgehead atoms. The van der Waals surface area contributed by atoms with Gasteiger partial charge in [-0.3, -0.25) is 4.79 Å². The highest BCUT2D eigenvalue weighted by molar-refractivity contribution is 5.94. The van der Waals surface area contributed by atoms with Crippen molar-refractivity contribution in [2.75, 3.05) is 13.2 Å². The van der Waals surface area contributed by atoms with E-state index >= 15 is 0 Å². The third kappa shape index (κ3) is 0.900. The minimum Gasteiger partial charge on any atom is -0.379 e. The van der Waals surface area contributed by atoms with E-state index in [2.05, 4.69) is 6.58 Å². The Hall–Kier alpha value is -0.630. The lowest BCUT2D eigenvalue weighted by atomic mass is 9.84. The zero-order chi connectivity index (χ0) is 6.91. The fraction of sp³-hybridized carbons (Fsp3) is 0.571. The summed E-state index contributed by atoms with van der Waals surface area (Å²) >= 11 is 0. The van der Waals surface area contributed by atoms with E-state index in [1.54, 1.807) is 0 Å². The highest BCUT2D eigenvalue weighted by atomic mass is 16.5. The minimum atomic E-state index is -0.248. The lowest BCUT2D eigenvalue weighted by Crippen LogP contribution is -2.45. The largest absolute Gasteiger partial charge is 0.379 e. The summed E-state index contributed by atoms with van der Waals surface area (Å²) in [4.78, 5) is 10.9. The number of carbonyl (C=O) groups excluding carboxylic acids is 1. The van der Waals surface area contributed by atoms with Gasteiger partial charge in [0.1, 0.15) is 0 Å². The molecule has 0 aromatic rings. The number of rotatable bonds is 2. The van der Waals surface area contributed by atoms with Crippen molar-refractivity contribution < 1.29 is 9.53 Å². The summed E-state index contributed by atoms with van der Waals surface area (Å²) in [6, 6.07) is 0. The molecule has 0 spiro atoms. The van der Waals surface area contributed by atoms with E-state index < -0.39 is 0 Å². The van der Waals surface area contributed by atoms with Crippen LogP contribution in [0.1, 0.15) is 6.92 Å². The highest BCUT2D eigenvalue weighted by Crippen LogP contribution is 2.27. The molecule has 0 saturated carbocycles. The van der Waals surface area contributed by atoms with Gasteiger partial charge in [-0.2, -0.15) is 0 Å². The van der Waals surface area contributed by atoms with Gasteiger partial charge in [-0.15, -0.1) is 0 Å². The average Bonchev–Trinajstić information content (AvgIpc) is 1.81. The predicted octanol–water partition coefficient (Wildman–Crippen LogP) is 0.778. The lowest BCUT2D eigenvalue weighted by Gasteiger charge is -2.35. The fourth-order valence-corrected chi connectivity index (χ4v) is 0.797. The van der Waals surface area contributed by atoms with Gasteiger partial charge in [-0.05, 0) is 13.0 Å². The summed E-state index contributed by atoms with van der Waals surface area (Å²) in [7, 11) is 0. The Balaban J connectivity index is 2.58. The van der Waals surface area contributed by atoms with E-state index in [1.165, 1.54) is 6.08 Å². The van der Waals surface area contributed by atoms with Crippen molar-refractivity contribution in [1.29, 1.82) is 0 Å². The number of hydrogen-bond donors (Lipinski definition) is 0. The third-order valence-electron chi connectivity index (χ3n) is 1.62. The smallest absolute Gasteiger partial charge is 0.165 e. The Morgan fingerprint density at radius 2 is 2.33 bits per heavy atom. The third-order valence-corrected chi connectivity index (χ3v) is 1.62. The summed E-state index contributed by atoms with van der Waals surface area (Å²) in [5, 5.41) is 0. The minimum absolute atomic E-state index is 0.0914. The van der Waals surface area contributed by atoms with E-state index in [0.717, 1.165) is 0 Å². The van der Waals surface area contributed by atoms with E-state index in [-0.39, 0.29) is 11.2 Å². The van der Waals surface area contributed by atoms with Gasteiger partial charge < -0.3 is 4.74 Å². The molecule has 1 saturated heterocycles. The maximum atomic E-state index is 10.9. The van der Waals surface area contributed by atoms with Gasteiger partial charge in [0.25, 0.3) is 0 Å². The standard InChI is InChI=1S/C7H10O2/c1-3-6(8)7(2)4-9-5-7/h3H,1,4-5H2,2H3. The first kappa shape index (κ1) is 6.49. The molecule has 50 valence electrons. The maximum absolute atomic E-state index is 10.9. The predicted molar refractivity (Wildman–Crippen MR) is 34.1 cm³/mol. The van der Waals surface area contributed by atoms with Gasteiger partial charge >= 0.3 is 0 Å². The molecule has 0 amide bonds. The molecular weight excluding hydrogens is 116 g/mol. The molecule has 0 aromatic heterocycles. The molecule has 0 atom stereocenters. The van der Waals surface area contributed by atoms with E-state index in [4.69, 9.17) is 4.74 Å². The van der Waals surface area contributed by atoms with Crippen molar-refractivity contribution in [1.82, 2.24) is 0 Å². The molecule has 1 aliphatic rings. The summed E-state index contributed by atoms with van der Waals surface area (Å²) in [6.07, 6.45) is 1.36. The van der Waals surface area contributed by atoms with Crippen LogP contribution in [0.3, 0.4) is 0 Å². The van der Waals surface area contributed by atoms with Crippen molar-refractivity contribution in [3.05, 3.63) is 12.7 Å². The Kier molecular flexibility index (Phi) is 1.41. The van der Waals surface area contributed by atoms with Crippen LogP contribution in [0, 0.1) is 5.41 Å². The van der Waals surface area contributed by atoms with Gasteiger partial charge in [0.15, 0.2) is 5.78 Å². The Bertz CT molecular complexity index is 145. The van der Waals surface area contributed by atoms with Gasteiger partial charge in [0, 0.05) is 0 Å².